The van der Waals surface area contributed by atoms with Crippen LogP contribution in [0.25, 0.3) is 0 Å². The number of nitriles is 1. The quantitative estimate of drug-likeness (QED) is 0.472. The molecular weight excluding hydrogens is 472 g/mol. The van der Waals surface area contributed by atoms with E-state index in [1.807, 2.05) is 26.0 Å². The Morgan fingerprint density at radius 2 is 1.79 bits per heavy atom. The number of nitrogens with zero attached hydrogens (tertiary/aromatic N) is 1. The van der Waals surface area contributed by atoms with E-state index in [4.69, 9.17) is 0 Å². The lowest BCUT2D eigenvalue weighted by Crippen LogP contribution is -2.66. The summed E-state index contributed by atoms with van der Waals surface area (Å²) < 4.78 is 0. The van der Waals surface area contributed by atoms with Crippen LogP contribution in [0.5, 0.6) is 0 Å². The summed E-state index contributed by atoms with van der Waals surface area (Å²) in [6, 6.07) is 2.18. The van der Waals surface area contributed by atoms with Crippen molar-refractivity contribution in [3.05, 3.63) is 23.3 Å². The number of hydrogen-bond donors (Lipinski definition) is 1. The van der Waals surface area contributed by atoms with Crippen LogP contribution in [-0.4, -0.2) is 24.0 Å². The Hall–Kier alpha value is -2.22. The van der Waals surface area contributed by atoms with Crippen molar-refractivity contribution in [2.45, 2.75) is 99.8 Å². The van der Waals surface area contributed by atoms with Gasteiger partial charge < -0.3 is 5.32 Å². The van der Waals surface area contributed by atoms with Crippen LogP contribution in [0, 0.1) is 62.1 Å². The Morgan fingerprint density at radius 1 is 1.08 bits per heavy atom. The molecule has 0 radical (unpaired) electrons. The van der Waals surface area contributed by atoms with E-state index in [-0.39, 0.29) is 51.6 Å². The Labute approximate surface area is 228 Å². The van der Waals surface area contributed by atoms with Gasteiger partial charge in [-0.1, -0.05) is 60.1 Å². The monoisotopic (exact) mass is 518 g/mol. The van der Waals surface area contributed by atoms with Crippen LogP contribution >= 0.6 is 0 Å². The maximum Gasteiger partial charge on any atom is 0.226 e. The first-order valence-corrected chi connectivity index (χ1v) is 15.0. The second-order valence-electron chi connectivity index (χ2n) is 14.7. The number of hydrogen-bond acceptors (Lipinski definition) is 4. The minimum absolute atomic E-state index is 0.0454. The van der Waals surface area contributed by atoms with Gasteiger partial charge >= 0.3 is 0 Å². The molecule has 0 aromatic rings. The molecule has 5 aliphatic rings. The summed E-state index contributed by atoms with van der Waals surface area (Å²) in [4.78, 5) is 41.4. The Kier molecular flexibility index (Phi) is 6.22. The van der Waals surface area contributed by atoms with Crippen molar-refractivity contribution in [2.24, 2.45) is 50.7 Å². The zero-order valence-corrected chi connectivity index (χ0v) is 24.5. The smallest absolute Gasteiger partial charge is 0.226 e. The number of Topliss-reactive ketones (excluding diaryl/α,β-unsaturated/α-hetero) is 1. The first kappa shape index (κ1) is 27.4. The summed E-state index contributed by atoms with van der Waals surface area (Å²) in [7, 11) is 0. The molecule has 5 aliphatic carbocycles. The second-order valence-corrected chi connectivity index (χ2v) is 14.7. The highest BCUT2D eigenvalue weighted by Crippen LogP contribution is 2.74. The van der Waals surface area contributed by atoms with Gasteiger partial charge in [0.25, 0.3) is 0 Å². The summed E-state index contributed by atoms with van der Waals surface area (Å²) in [5, 5.41) is 13.1. The molecule has 38 heavy (non-hydrogen) atoms. The van der Waals surface area contributed by atoms with Gasteiger partial charge in [-0.25, -0.2) is 0 Å². The Bertz CT molecular complexity index is 1190. The van der Waals surface area contributed by atoms with Gasteiger partial charge in [0.2, 0.25) is 5.91 Å². The van der Waals surface area contributed by atoms with E-state index < -0.39 is 16.2 Å². The highest BCUT2D eigenvalue weighted by Gasteiger charge is 2.70. The minimum Gasteiger partial charge on any atom is -0.356 e. The molecule has 1 amide bonds. The molecule has 1 N–H and O–H groups in total. The van der Waals surface area contributed by atoms with Crippen molar-refractivity contribution in [3.63, 3.8) is 0 Å². The number of nitrogens with one attached hydrogen (secondary N) is 1. The number of amides is 1. The maximum atomic E-state index is 14.4. The highest BCUT2D eigenvalue weighted by atomic mass is 16.2. The summed E-state index contributed by atoms with van der Waals surface area (Å²) >= 11 is 0. The average molecular weight is 519 g/mol. The SMILES string of the molecule is CCCNC(=O)[C@]12CC[C@H](C)CC1C1C(=O)C=C3[C@@]4(C)C=C(C#N)C(=O)C(C)(C)[C@@H]4CC[C@@]3(C)[C@]1(C)CC2. The van der Waals surface area contributed by atoms with Crippen molar-refractivity contribution in [1.29, 1.82) is 5.26 Å². The Balaban J connectivity index is 1.66. The molecule has 5 heteroatoms. The number of allylic oxidation sites excluding steroid dienone is 4. The molecule has 0 saturated heterocycles. The van der Waals surface area contributed by atoms with Crippen LogP contribution in [0.2, 0.25) is 0 Å². The largest absolute Gasteiger partial charge is 0.356 e. The number of carbonyl (C=O) groups excluding carboxylic acids is 3. The molecule has 3 saturated carbocycles. The topological polar surface area (TPSA) is 87.0 Å². The summed E-state index contributed by atoms with van der Waals surface area (Å²) in [5.74, 6) is 0.659. The van der Waals surface area contributed by atoms with Crippen LogP contribution < -0.4 is 5.32 Å². The highest BCUT2D eigenvalue weighted by molar-refractivity contribution is 6.04. The van der Waals surface area contributed by atoms with Crippen LogP contribution in [0.3, 0.4) is 0 Å². The first-order valence-electron chi connectivity index (χ1n) is 15.0. The summed E-state index contributed by atoms with van der Waals surface area (Å²) in [6.07, 6.45) is 11.0. The molecule has 3 fully saturated rings. The standard InChI is InChI=1S/C33H46N2O3/c1-8-15-35-28(38)33-12-9-20(2)16-22(33)26-23(36)17-25-30(5)18-21(19-34)27(37)29(3,4)24(30)10-11-31(25,6)32(26,7)13-14-33/h17-18,20,22,24,26H,8-16H2,1-7H3,(H,35,38)/t20-,22?,24-,26?,30-,31+,32+,33-/m0/s1. The van der Waals surface area contributed by atoms with E-state index in [1.54, 1.807) is 0 Å². The van der Waals surface area contributed by atoms with Gasteiger partial charge in [0.15, 0.2) is 11.6 Å². The van der Waals surface area contributed by atoms with Gasteiger partial charge in [-0.05, 0) is 86.0 Å². The summed E-state index contributed by atoms with van der Waals surface area (Å²) in [6.45, 7) is 15.8. The first-order chi connectivity index (χ1) is 17.7. The number of ketones is 2. The van der Waals surface area contributed by atoms with Gasteiger partial charge in [-0.15, -0.1) is 0 Å². The van der Waals surface area contributed by atoms with Gasteiger partial charge in [0, 0.05) is 23.3 Å². The van der Waals surface area contributed by atoms with Crippen LogP contribution in [0.4, 0.5) is 0 Å². The number of fused-ring (bicyclic) bond motifs is 7. The number of rotatable bonds is 3. The second kappa shape index (κ2) is 8.64. The fraction of sp³-hybridized carbons (Fsp3) is 0.758. The molecule has 0 spiro atoms. The van der Waals surface area contributed by atoms with E-state index in [0.717, 1.165) is 56.9 Å². The lowest BCUT2D eigenvalue weighted by Gasteiger charge is -2.68. The maximum absolute atomic E-state index is 14.4. The molecule has 5 rings (SSSR count). The van der Waals surface area contributed by atoms with E-state index in [0.29, 0.717) is 12.5 Å². The van der Waals surface area contributed by atoms with Gasteiger partial charge in [-0.3, -0.25) is 14.4 Å². The molecule has 206 valence electrons. The fourth-order valence-corrected chi connectivity index (χ4v) is 10.3. The third-order valence-electron chi connectivity index (χ3n) is 12.6. The lowest BCUT2D eigenvalue weighted by atomic mass is 9.34. The molecule has 0 heterocycles. The van der Waals surface area contributed by atoms with E-state index in [9.17, 15) is 19.6 Å². The normalized spacial score (nSPS) is 45.3. The number of carbonyl (C=O) groups is 3. The fourth-order valence-electron chi connectivity index (χ4n) is 10.3. The van der Waals surface area contributed by atoms with Crippen molar-refractivity contribution in [2.75, 3.05) is 6.54 Å². The molecular formula is C33H46N2O3. The van der Waals surface area contributed by atoms with Crippen LogP contribution in [0.15, 0.2) is 23.3 Å². The van der Waals surface area contributed by atoms with Crippen LogP contribution in [-0.2, 0) is 14.4 Å². The lowest BCUT2D eigenvalue weighted by molar-refractivity contribution is -0.174. The van der Waals surface area contributed by atoms with E-state index in [2.05, 4.69) is 46.0 Å². The van der Waals surface area contributed by atoms with Gasteiger partial charge in [0.05, 0.1) is 11.0 Å². The molecule has 0 aromatic carbocycles. The predicted octanol–water partition coefficient (Wildman–Crippen LogP) is 6.34. The van der Waals surface area contributed by atoms with Crippen molar-refractivity contribution < 1.29 is 14.4 Å². The van der Waals surface area contributed by atoms with Crippen molar-refractivity contribution in [1.82, 2.24) is 5.32 Å². The van der Waals surface area contributed by atoms with E-state index >= 15 is 0 Å². The van der Waals surface area contributed by atoms with Crippen LogP contribution in [0.1, 0.15) is 99.8 Å². The van der Waals surface area contributed by atoms with E-state index in [1.165, 1.54) is 0 Å². The predicted molar refractivity (Wildman–Crippen MR) is 148 cm³/mol. The van der Waals surface area contributed by atoms with Gasteiger partial charge in [0.1, 0.15) is 6.07 Å². The van der Waals surface area contributed by atoms with Crippen molar-refractivity contribution >= 4 is 17.5 Å². The molecule has 0 aromatic heterocycles. The molecule has 5 nitrogen and oxygen atoms in total. The molecule has 8 atom stereocenters. The van der Waals surface area contributed by atoms with Crippen molar-refractivity contribution in [3.8, 4) is 6.07 Å². The molecule has 0 aliphatic heterocycles. The Morgan fingerprint density at radius 3 is 2.45 bits per heavy atom. The zero-order chi connectivity index (χ0) is 27.9. The third-order valence-corrected chi connectivity index (χ3v) is 12.6. The van der Waals surface area contributed by atoms with Gasteiger partial charge in [-0.2, -0.15) is 5.26 Å². The minimum atomic E-state index is -0.657. The average Bonchev–Trinajstić information content (AvgIpc) is 2.86. The summed E-state index contributed by atoms with van der Waals surface area (Å²) in [5.41, 5.74) is -0.805. The zero-order valence-electron chi connectivity index (χ0n) is 24.5. The third kappa shape index (κ3) is 3.31. The molecule has 2 unspecified atom stereocenters. The molecule has 0 bridgehead atoms.